The second kappa shape index (κ2) is 6.53. The van der Waals surface area contributed by atoms with Gasteiger partial charge in [0.15, 0.2) is 0 Å². The van der Waals surface area contributed by atoms with Crippen LogP contribution in [0.25, 0.3) is 0 Å². The van der Waals surface area contributed by atoms with Crippen molar-refractivity contribution in [3.63, 3.8) is 0 Å². The lowest BCUT2D eigenvalue weighted by Gasteiger charge is -2.20. The van der Waals surface area contributed by atoms with Gasteiger partial charge in [-0.15, -0.1) is 0 Å². The van der Waals surface area contributed by atoms with Crippen LogP contribution in [0, 0.1) is 13.8 Å². The predicted molar refractivity (Wildman–Crippen MR) is 85.6 cm³/mol. The Labute approximate surface area is 121 Å². The van der Waals surface area contributed by atoms with E-state index in [2.05, 4.69) is 72.5 Å². The van der Waals surface area contributed by atoms with E-state index in [1.807, 2.05) is 6.92 Å². The molecule has 0 bridgehead atoms. The molecule has 0 unspecified atom stereocenters. The number of nitrogens with zero attached hydrogens (tertiary/aromatic N) is 2. The number of pyridine rings is 1. The van der Waals surface area contributed by atoms with Gasteiger partial charge in [-0.25, -0.2) is 4.98 Å². The maximum absolute atomic E-state index is 4.64. The van der Waals surface area contributed by atoms with E-state index >= 15 is 0 Å². The molecule has 2 aromatic rings. The van der Waals surface area contributed by atoms with Gasteiger partial charge >= 0.3 is 0 Å². The fourth-order valence-electron chi connectivity index (χ4n) is 2.16. The Morgan fingerprint density at radius 3 is 2.45 bits per heavy atom. The van der Waals surface area contributed by atoms with Gasteiger partial charge in [0.2, 0.25) is 0 Å². The van der Waals surface area contributed by atoms with Crippen LogP contribution in [0.3, 0.4) is 0 Å². The van der Waals surface area contributed by atoms with Crippen LogP contribution in [0.2, 0.25) is 0 Å². The summed E-state index contributed by atoms with van der Waals surface area (Å²) in [5.74, 6) is 0.988. The zero-order valence-corrected chi connectivity index (χ0v) is 12.8. The quantitative estimate of drug-likeness (QED) is 0.899. The van der Waals surface area contributed by atoms with E-state index in [0.717, 1.165) is 30.3 Å². The van der Waals surface area contributed by atoms with Crippen LogP contribution in [-0.4, -0.2) is 18.6 Å². The summed E-state index contributed by atoms with van der Waals surface area (Å²) in [4.78, 5) is 6.77. The van der Waals surface area contributed by atoms with Crippen LogP contribution < -0.4 is 10.2 Å². The molecular weight excluding hydrogens is 246 g/mol. The summed E-state index contributed by atoms with van der Waals surface area (Å²) in [5, 5.41) is 3.36. The van der Waals surface area contributed by atoms with Crippen LogP contribution in [0.5, 0.6) is 0 Å². The van der Waals surface area contributed by atoms with E-state index in [0.29, 0.717) is 0 Å². The molecule has 2 rings (SSSR count). The fourth-order valence-corrected chi connectivity index (χ4v) is 2.16. The SMILES string of the molecule is CCNCc1cc(C)nc(N(C)c2ccc(C)cc2)c1. The average Bonchev–Trinajstić information content (AvgIpc) is 2.44. The molecule has 1 N–H and O–H groups in total. The van der Waals surface area contributed by atoms with Gasteiger partial charge in [-0.3, -0.25) is 0 Å². The summed E-state index contributed by atoms with van der Waals surface area (Å²) < 4.78 is 0. The Hall–Kier alpha value is -1.87. The summed E-state index contributed by atoms with van der Waals surface area (Å²) in [6.45, 7) is 8.12. The van der Waals surface area contributed by atoms with Gasteiger partial charge in [-0.05, 0) is 50.2 Å². The number of hydrogen-bond donors (Lipinski definition) is 1. The first kappa shape index (κ1) is 14.5. The van der Waals surface area contributed by atoms with E-state index in [1.165, 1.54) is 11.1 Å². The molecule has 0 spiro atoms. The zero-order valence-electron chi connectivity index (χ0n) is 12.8. The van der Waals surface area contributed by atoms with E-state index in [1.54, 1.807) is 0 Å². The highest BCUT2D eigenvalue weighted by Crippen LogP contribution is 2.23. The molecule has 0 atom stereocenters. The Balaban J connectivity index is 2.26. The van der Waals surface area contributed by atoms with Crippen LogP contribution in [0.1, 0.15) is 23.7 Å². The normalized spacial score (nSPS) is 10.6. The Morgan fingerprint density at radius 1 is 1.10 bits per heavy atom. The molecule has 106 valence electrons. The van der Waals surface area contributed by atoms with Crippen LogP contribution in [0.15, 0.2) is 36.4 Å². The van der Waals surface area contributed by atoms with Crippen molar-refractivity contribution >= 4 is 11.5 Å². The number of rotatable bonds is 5. The van der Waals surface area contributed by atoms with Gasteiger partial charge in [0.05, 0.1) is 0 Å². The lowest BCUT2D eigenvalue weighted by atomic mass is 10.2. The van der Waals surface area contributed by atoms with Crippen molar-refractivity contribution in [2.45, 2.75) is 27.3 Å². The number of aromatic nitrogens is 1. The minimum Gasteiger partial charge on any atom is -0.329 e. The second-order valence-corrected chi connectivity index (χ2v) is 5.15. The molecule has 0 aliphatic carbocycles. The summed E-state index contributed by atoms with van der Waals surface area (Å²) in [6.07, 6.45) is 0. The third-order valence-corrected chi connectivity index (χ3v) is 3.34. The fraction of sp³-hybridized carbons (Fsp3) is 0.353. The summed E-state index contributed by atoms with van der Waals surface area (Å²) >= 11 is 0. The lowest BCUT2D eigenvalue weighted by Crippen LogP contribution is -2.15. The highest BCUT2D eigenvalue weighted by atomic mass is 15.2. The molecular formula is C17H23N3. The van der Waals surface area contributed by atoms with Gasteiger partial charge in [0, 0.05) is 25.0 Å². The minimum atomic E-state index is 0.884. The molecule has 0 saturated heterocycles. The largest absolute Gasteiger partial charge is 0.329 e. The highest BCUT2D eigenvalue weighted by molar-refractivity contribution is 5.60. The topological polar surface area (TPSA) is 28.2 Å². The molecule has 0 radical (unpaired) electrons. The van der Waals surface area contributed by atoms with E-state index in [-0.39, 0.29) is 0 Å². The first-order chi connectivity index (χ1) is 9.60. The standard InChI is InChI=1S/C17H23N3/c1-5-18-12-15-10-14(3)19-17(11-15)20(4)16-8-6-13(2)7-9-16/h6-11,18H,5,12H2,1-4H3. The Morgan fingerprint density at radius 2 is 1.80 bits per heavy atom. The van der Waals surface area contributed by atoms with E-state index in [4.69, 9.17) is 0 Å². The third-order valence-electron chi connectivity index (χ3n) is 3.34. The van der Waals surface area contributed by atoms with Crippen molar-refractivity contribution in [1.29, 1.82) is 0 Å². The maximum Gasteiger partial charge on any atom is 0.133 e. The molecule has 1 heterocycles. The third kappa shape index (κ3) is 3.58. The molecule has 0 aliphatic heterocycles. The Kier molecular flexibility index (Phi) is 4.74. The first-order valence-electron chi connectivity index (χ1n) is 7.09. The number of anilines is 2. The van der Waals surface area contributed by atoms with E-state index < -0.39 is 0 Å². The molecule has 1 aromatic carbocycles. The monoisotopic (exact) mass is 269 g/mol. The van der Waals surface area contributed by atoms with Gasteiger partial charge in [0.1, 0.15) is 5.82 Å². The lowest BCUT2D eigenvalue weighted by molar-refractivity contribution is 0.725. The summed E-state index contributed by atoms with van der Waals surface area (Å²) in [6, 6.07) is 12.8. The molecule has 0 fully saturated rings. The second-order valence-electron chi connectivity index (χ2n) is 5.15. The first-order valence-corrected chi connectivity index (χ1v) is 7.09. The van der Waals surface area contributed by atoms with Crippen molar-refractivity contribution in [1.82, 2.24) is 10.3 Å². The molecule has 3 heteroatoms. The highest BCUT2D eigenvalue weighted by Gasteiger charge is 2.07. The van der Waals surface area contributed by atoms with Crippen molar-refractivity contribution in [2.24, 2.45) is 0 Å². The van der Waals surface area contributed by atoms with Crippen molar-refractivity contribution < 1.29 is 0 Å². The molecule has 3 nitrogen and oxygen atoms in total. The molecule has 0 amide bonds. The minimum absolute atomic E-state index is 0.884. The number of aryl methyl sites for hydroxylation is 2. The van der Waals surface area contributed by atoms with Gasteiger partial charge in [-0.2, -0.15) is 0 Å². The van der Waals surface area contributed by atoms with Crippen LogP contribution >= 0.6 is 0 Å². The van der Waals surface area contributed by atoms with Crippen molar-refractivity contribution in [3.8, 4) is 0 Å². The van der Waals surface area contributed by atoms with E-state index in [9.17, 15) is 0 Å². The molecule has 1 aromatic heterocycles. The molecule has 20 heavy (non-hydrogen) atoms. The summed E-state index contributed by atoms with van der Waals surface area (Å²) in [7, 11) is 2.06. The van der Waals surface area contributed by atoms with Gasteiger partial charge < -0.3 is 10.2 Å². The van der Waals surface area contributed by atoms with Gasteiger partial charge in [0.25, 0.3) is 0 Å². The van der Waals surface area contributed by atoms with Gasteiger partial charge in [-0.1, -0.05) is 24.6 Å². The maximum atomic E-state index is 4.64. The molecule has 0 aliphatic rings. The van der Waals surface area contributed by atoms with Crippen LogP contribution in [-0.2, 0) is 6.54 Å². The number of hydrogen-bond acceptors (Lipinski definition) is 3. The number of nitrogens with one attached hydrogen (secondary N) is 1. The van der Waals surface area contributed by atoms with Crippen molar-refractivity contribution in [2.75, 3.05) is 18.5 Å². The van der Waals surface area contributed by atoms with Crippen molar-refractivity contribution in [3.05, 3.63) is 53.2 Å². The molecule has 0 saturated carbocycles. The smallest absolute Gasteiger partial charge is 0.133 e. The summed E-state index contributed by atoms with van der Waals surface area (Å²) in [5.41, 5.74) is 4.75. The number of benzene rings is 1. The Bertz CT molecular complexity index is 561. The van der Waals surface area contributed by atoms with Crippen LogP contribution in [0.4, 0.5) is 11.5 Å². The average molecular weight is 269 g/mol. The zero-order chi connectivity index (χ0) is 14.5. The predicted octanol–water partition coefficient (Wildman–Crippen LogP) is 3.58.